The summed E-state index contributed by atoms with van der Waals surface area (Å²) in [6.07, 6.45) is 1.72. The summed E-state index contributed by atoms with van der Waals surface area (Å²) in [5.41, 5.74) is 0. The van der Waals surface area contributed by atoms with Gasteiger partial charge in [0.1, 0.15) is 5.82 Å². The molecule has 0 aromatic carbocycles. The second-order valence-electron chi connectivity index (χ2n) is 2.74. The third-order valence-electron chi connectivity index (χ3n) is 1.73. The van der Waals surface area contributed by atoms with Crippen molar-refractivity contribution in [3.8, 4) is 5.88 Å². The molecule has 2 aromatic rings. The molecule has 5 heteroatoms. The van der Waals surface area contributed by atoms with Gasteiger partial charge in [0.05, 0.1) is 17.1 Å². The van der Waals surface area contributed by atoms with Crippen LogP contribution in [0.2, 0.25) is 0 Å². The fraction of sp³-hybridized carbons (Fsp3) is 0.200. The maximum Gasteiger partial charge on any atom is 0.216 e. The fourth-order valence-corrected chi connectivity index (χ4v) is 2.69. The minimum Gasteiger partial charge on any atom is -0.481 e. The first-order valence-corrected chi connectivity index (χ1v) is 6.27. The van der Waals surface area contributed by atoms with Gasteiger partial charge in [0.25, 0.3) is 0 Å². The quantitative estimate of drug-likeness (QED) is 0.767. The lowest BCUT2D eigenvalue weighted by molar-refractivity contribution is 0.395. The van der Waals surface area contributed by atoms with Gasteiger partial charge in [-0.05, 0) is 11.4 Å². The summed E-state index contributed by atoms with van der Waals surface area (Å²) < 4.78 is 6.31. The first-order valence-electron chi connectivity index (χ1n) is 4.40. The Labute approximate surface area is 96.5 Å². The van der Waals surface area contributed by atoms with Gasteiger partial charge < -0.3 is 4.74 Å². The normalized spacial score (nSPS) is 10.2. The van der Waals surface area contributed by atoms with Crippen molar-refractivity contribution in [2.24, 2.45) is 0 Å². The van der Waals surface area contributed by atoms with Gasteiger partial charge in [-0.25, -0.2) is 4.98 Å². The molecule has 15 heavy (non-hydrogen) atoms. The van der Waals surface area contributed by atoms with Gasteiger partial charge >= 0.3 is 0 Å². The molecular formula is C10H10N2OS2. The number of hydrogen-bond donors (Lipinski definition) is 0. The Morgan fingerprint density at radius 2 is 2.40 bits per heavy atom. The Hall–Kier alpha value is -1.07. The zero-order valence-corrected chi connectivity index (χ0v) is 9.85. The van der Waals surface area contributed by atoms with Gasteiger partial charge in [0.15, 0.2) is 0 Å². The molecular weight excluding hydrogens is 228 g/mol. The average molecular weight is 238 g/mol. The Morgan fingerprint density at radius 3 is 3.13 bits per heavy atom. The van der Waals surface area contributed by atoms with E-state index >= 15 is 0 Å². The van der Waals surface area contributed by atoms with Crippen molar-refractivity contribution < 1.29 is 4.74 Å². The minimum atomic E-state index is 0.617. The Balaban J connectivity index is 1.98. The Kier molecular flexibility index (Phi) is 3.58. The van der Waals surface area contributed by atoms with Crippen LogP contribution in [0, 0.1) is 0 Å². The van der Waals surface area contributed by atoms with E-state index in [2.05, 4.69) is 21.4 Å². The number of thiophene rings is 1. The monoisotopic (exact) mass is 238 g/mol. The highest BCUT2D eigenvalue weighted by Gasteiger charge is 2.01. The fourth-order valence-electron chi connectivity index (χ4n) is 1.04. The van der Waals surface area contributed by atoms with E-state index in [1.54, 1.807) is 42.5 Å². The summed E-state index contributed by atoms with van der Waals surface area (Å²) in [5, 5.41) is 2.06. The summed E-state index contributed by atoms with van der Waals surface area (Å²) in [4.78, 5) is 8.42. The SMILES string of the molecule is COc1ccnc(CSc2cccs2)n1. The molecule has 0 radical (unpaired) electrons. The van der Waals surface area contributed by atoms with Crippen molar-refractivity contribution in [3.63, 3.8) is 0 Å². The van der Waals surface area contributed by atoms with E-state index < -0.39 is 0 Å². The van der Waals surface area contributed by atoms with Crippen LogP contribution < -0.4 is 4.74 Å². The molecule has 0 aliphatic carbocycles. The molecule has 0 aliphatic heterocycles. The number of methoxy groups -OCH3 is 1. The van der Waals surface area contributed by atoms with Crippen LogP contribution in [0.5, 0.6) is 5.88 Å². The molecule has 0 saturated carbocycles. The van der Waals surface area contributed by atoms with E-state index in [0.29, 0.717) is 5.88 Å². The lowest BCUT2D eigenvalue weighted by Gasteiger charge is -2.00. The first kappa shape index (κ1) is 10.4. The maximum atomic E-state index is 5.03. The molecule has 0 saturated heterocycles. The molecule has 0 bridgehead atoms. The zero-order chi connectivity index (χ0) is 10.5. The molecule has 0 aliphatic rings. The van der Waals surface area contributed by atoms with Crippen LogP contribution in [0.25, 0.3) is 0 Å². The van der Waals surface area contributed by atoms with E-state index in [4.69, 9.17) is 4.74 Å². The van der Waals surface area contributed by atoms with Crippen molar-refractivity contribution in [2.75, 3.05) is 7.11 Å². The molecule has 0 amide bonds. The van der Waals surface area contributed by atoms with Crippen LogP contribution >= 0.6 is 23.1 Å². The van der Waals surface area contributed by atoms with E-state index in [-0.39, 0.29) is 0 Å². The predicted octanol–water partition coefficient (Wildman–Crippen LogP) is 2.84. The summed E-state index contributed by atoms with van der Waals surface area (Å²) in [6.45, 7) is 0. The van der Waals surface area contributed by atoms with Gasteiger partial charge in [-0.1, -0.05) is 6.07 Å². The van der Waals surface area contributed by atoms with Crippen molar-refractivity contribution in [3.05, 3.63) is 35.6 Å². The molecule has 3 nitrogen and oxygen atoms in total. The third-order valence-corrected chi connectivity index (χ3v) is 3.85. The van der Waals surface area contributed by atoms with Crippen LogP contribution in [0.4, 0.5) is 0 Å². The van der Waals surface area contributed by atoms with Gasteiger partial charge in [-0.3, -0.25) is 0 Å². The van der Waals surface area contributed by atoms with Crippen molar-refractivity contribution >= 4 is 23.1 Å². The highest BCUT2D eigenvalue weighted by molar-refractivity contribution is 8.00. The number of hydrogen-bond acceptors (Lipinski definition) is 5. The van der Waals surface area contributed by atoms with Crippen molar-refractivity contribution in [1.29, 1.82) is 0 Å². The van der Waals surface area contributed by atoms with Crippen LogP contribution in [-0.2, 0) is 5.75 Å². The van der Waals surface area contributed by atoms with Crippen molar-refractivity contribution in [1.82, 2.24) is 9.97 Å². The van der Waals surface area contributed by atoms with Gasteiger partial charge in [0.2, 0.25) is 5.88 Å². The summed E-state index contributed by atoms with van der Waals surface area (Å²) in [5.74, 6) is 2.19. The van der Waals surface area contributed by atoms with Gasteiger partial charge in [-0.2, -0.15) is 4.98 Å². The molecule has 2 heterocycles. The summed E-state index contributed by atoms with van der Waals surface area (Å²) >= 11 is 3.47. The standard InChI is InChI=1S/C10H10N2OS2/c1-13-9-4-5-11-8(12-9)7-15-10-3-2-6-14-10/h2-6H,7H2,1H3. The molecule has 0 N–H and O–H groups in total. The van der Waals surface area contributed by atoms with E-state index in [9.17, 15) is 0 Å². The minimum absolute atomic E-state index is 0.617. The lowest BCUT2D eigenvalue weighted by Crippen LogP contribution is -1.94. The van der Waals surface area contributed by atoms with Gasteiger partial charge in [-0.15, -0.1) is 23.1 Å². The van der Waals surface area contributed by atoms with Crippen LogP contribution in [0.15, 0.2) is 34.0 Å². The highest BCUT2D eigenvalue weighted by atomic mass is 32.2. The smallest absolute Gasteiger partial charge is 0.216 e. The van der Waals surface area contributed by atoms with E-state index in [1.165, 1.54) is 4.21 Å². The molecule has 2 aromatic heterocycles. The molecule has 0 atom stereocenters. The van der Waals surface area contributed by atoms with Crippen LogP contribution in [0.3, 0.4) is 0 Å². The lowest BCUT2D eigenvalue weighted by atomic mass is 10.6. The summed E-state index contributed by atoms with van der Waals surface area (Å²) in [6, 6.07) is 5.88. The van der Waals surface area contributed by atoms with Crippen LogP contribution in [-0.4, -0.2) is 17.1 Å². The largest absolute Gasteiger partial charge is 0.481 e. The number of nitrogens with zero attached hydrogens (tertiary/aromatic N) is 2. The first-order chi connectivity index (χ1) is 7.38. The molecule has 0 unspecified atom stereocenters. The molecule has 0 spiro atoms. The number of ether oxygens (including phenoxy) is 1. The van der Waals surface area contributed by atoms with Gasteiger partial charge in [0, 0.05) is 12.3 Å². The number of rotatable bonds is 4. The average Bonchev–Trinajstić information content (AvgIpc) is 2.79. The molecule has 78 valence electrons. The third kappa shape index (κ3) is 2.94. The topological polar surface area (TPSA) is 35.0 Å². The predicted molar refractivity (Wildman–Crippen MR) is 62.5 cm³/mol. The highest BCUT2D eigenvalue weighted by Crippen LogP contribution is 2.26. The summed E-state index contributed by atoms with van der Waals surface area (Å²) in [7, 11) is 1.61. The zero-order valence-electron chi connectivity index (χ0n) is 8.21. The number of thioether (sulfide) groups is 1. The van der Waals surface area contributed by atoms with E-state index in [0.717, 1.165) is 11.6 Å². The Bertz CT molecular complexity index is 417. The second kappa shape index (κ2) is 5.14. The Morgan fingerprint density at radius 1 is 1.47 bits per heavy atom. The van der Waals surface area contributed by atoms with Crippen molar-refractivity contribution in [2.45, 2.75) is 9.96 Å². The second-order valence-corrected chi connectivity index (χ2v) is 4.96. The maximum absolute atomic E-state index is 5.03. The number of aromatic nitrogens is 2. The molecule has 0 fully saturated rings. The molecule has 2 rings (SSSR count). The van der Waals surface area contributed by atoms with Crippen LogP contribution in [0.1, 0.15) is 5.82 Å². The van der Waals surface area contributed by atoms with E-state index in [1.807, 2.05) is 6.07 Å².